The van der Waals surface area contributed by atoms with E-state index in [-0.39, 0.29) is 0 Å². The fourth-order valence-electron chi connectivity index (χ4n) is 1.14. The van der Waals surface area contributed by atoms with Crippen molar-refractivity contribution in [3.05, 3.63) is 29.3 Å². The fourth-order valence-corrected chi connectivity index (χ4v) is 1.99. The summed E-state index contributed by atoms with van der Waals surface area (Å²) in [7, 11) is -1.50. The average molecular weight is 308 g/mol. The molecule has 0 aliphatic heterocycles. The molecule has 0 aliphatic rings. The highest BCUT2D eigenvalue weighted by molar-refractivity contribution is 7.86. The van der Waals surface area contributed by atoms with Gasteiger partial charge in [0.05, 0.1) is 26.0 Å². The number of quaternary nitrogens is 2. The predicted molar refractivity (Wildman–Crippen MR) is 62.5 cm³/mol. The third kappa shape index (κ3) is 5.32. The van der Waals surface area contributed by atoms with E-state index in [4.69, 9.17) is 4.55 Å². The Morgan fingerprint density at radius 1 is 1.00 bits per heavy atom. The lowest BCUT2D eigenvalue weighted by Crippen LogP contribution is -2.40. The Morgan fingerprint density at radius 3 is 1.50 bits per heavy atom. The molecule has 10 heteroatoms. The predicted octanol–water partition coefficient (Wildman–Crippen LogP) is -4.62. The second kappa shape index (κ2) is 8.98. The molecule has 1 aromatic rings. The molecule has 0 fully saturated rings. The van der Waals surface area contributed by atoms with Crippen molar-refractivity contribution >= 4 is 22.1 Å². The van der Waals surface area contributed by atoms with Crippen LogP contribution in [-0.2, 0) is 10.1 Å². The number of carboxylic acids is 2. The minimum Gasteiger partial charge on any atom is -0.545 e. The van der Waals surface area contributed by atoms with Gasteiger partial charge in [0, 0.05) is 11.1 Å². The van der Waals surface area contributed by atoms with Gasteiger partial charge in [0.15, 0.2) is 0 Å². The summed E-state index contributed by atoms with van der Waals surface area (Å²) in [6, 6.07) is 2.58. The first-order valence-corrected chi connectivity index (χ1v) is 6.63. The summed E-state index contributed by atoms with van der Waals surface area (Å²) in [5.41, 5.74) is 4.62. The maximum Gasteiger partial charge on any atom is 0.295 e. The van der Waals surface area contributed by atoms with E-state index >= 15 is 0 Å². The smallest absolute Gasteiger partial charge is 0.295 e. The fraction of sp³-hybridized carbons (Fsp3) is 0.200. The van der Waals surface area contributed by atoms with Gasteiger partial charge in [-0.3, -0.25) is 4.55 Å². The van der Waals surface area contributed by atoms with Crippen LogP contribution < -0.4 is 21.7 Å². The van der Waals surface area contributed by atoms with Crippen molar-refractivity contribution in [1.29, 1.82) is 0 Å². The van der Waals surface area contributed by atoms with E-state index < -0.39 is 38.1 Å². The number of rotatable bonds is 3. The van der Waals surface area contributed by atoms with Crippen LogP contribution in [0, 0.1) is 0 Å². The van der Waals surface area contributed by atoms with Gasteiger partial charge in [0.1, 0.15) is 4.90 Å². The van der Waals surface area contributed by atoms with Gasteiger partial charge in [-0.05, 0) is 0 Å². The molecule has 0 saturated carbocycles. The third-order valence-electron chi connectivity index (χ3n) is 1.71. The molecule has 0 spiro atoms. The number of carbonyl (C=O) groups is 2. The lowest BCUT2D eigenvalue weighted by molar-refractivity contribution is -0.325. The van der Waals surface area contributed by atoms with E-state index in [1.165, 1.54) is 0 Å². The normalized spacial score (nSPS) is 9.45. The number of carbonyl (C=O) groups excluding carboxylic acids is 2. The molecule has 0 aromatic heterocycles. The van der Waals surface area contributed by atoms with E-state index in [1.807, 2.05) is 0 Å². The summed E-state index contributed by atoms with van der Waals surface area (Å²) >= 11 is 0. The van der Waals surface area contributed by atoms with Crippen LogP contribution in [0.15, 0.2) is 23.1 Å². The molecule has 1 rings (SSSR count). The van der Waals surface area contributed by atoms with Crippen molar-refractivity contribution in [3.8, 4) is 0 Å². The van der Waals surface area contributed by atoms with Gasteiger partial charge in [0.25, 0.3) is 10.1 Å². The summed E-state index contributed by atoms with van der Waals surface area (Å²) < 4.78 is 30.5. The van der Waals surface area contributed by atoms with Crippen molar-refractivity contribution in [3.63, 3.8) is 0 Å². The molecule has 7 N–H and O–H groups in total. The zero-order valence-corrected chi connectivity index (χ0v) is 11.8. The highest BCUT2D eigenvalue weighted by Crippen LogP contribution is 2.19. The zero-order chi connectivity index (χ0) is 16.5. The summed E-state index contributed by atoms with van der Waals surface area (Å²) in [6.45, 7) is 0. The number of aromatic carboxylic acids is 2. The monoisotopic (exact) mass is 308 g/mol. The molecule has 20 heavy (non-hydrogen) atoms. The van der Waals surface area contributed by atoms with Crippen LogP contribution in [0.2, 0.25) is 0 Å². The molecule has 0 atom stereocenters. The quantitative estimate of drug-likeness (QED) is 0.467. The Morgan fingerprint density at radius 2 is 1.30 bits per heavy atom. The van der Waals surface area contributed by atoms with Crippen molar-refractivity contribution < 1.29 is 44.2 Å². The molecule has 0 unspecified atom stereocenters. The summed E-state index contributed by atoms with van der Waals surface area (Å²) in [5.74, 6) is -3.84. The van der Waals surface area contributed by atoms with E-state index in [0.29, 0.717) is 0 Å². The van der Waals surface area contributed by atoms with Gasteiger partial charge in [-0.15, -0.1) is 0 Å². The minimum absolute atomic E-state index is 0.797. The van der Waals surface area contributed by atoms with Crippen molar-refractivity contribution in [1.82, 2.24) is 0 Å². The molecular weight excluding hydrogens is 292 g/mol. The average Bonchev–Trinajstić information content (AvgIpc) is 2.41. The second-order valence-electron chi connectivity index (χ2n) is 2.73. The first-order valence-electron chi connectivity index (χ1n) is 5.19. The highest BCUT2D eigenvalue weighted by Gasteiger charge is 2.21. The summed E-state index contributed by atoms with van der Waals surface area (Å²) in [5, 5.41) is 21.1. The Hall–Kier alpha value is -2.01. The van der Waals surface area contributed by atoms with Crippen LogP contribution in [0.4, 0.5) is 0 Å². The highest BCUT2D eigenvalue weighted by atomic mass is 32.2. The maximum absolute atomic E-state index is 10.9. The second-order valence-corrected chi connectivity index (χ2v) is 4.09. The van der Waals surface area contributed by atoms with Crippen molar-refractivity contribution in [2.45, 2.75) is 4.90 Å². The van der Waals surface area contributed by atoms with Gasteiger partial charge >= 0.3 is 0 Å². The van der Waals surface area contributed by atoms with Crippen LogP contribution in [0.3, 0.4) is 0 Å². The molecule has 0 aliphatic carbocycles. The van der Waals surface area contributed by atoms with Crippen LogP contribution in [0.5, 0.6) is 0 Å². The zero-order valence-electron chi connectivity index (χ0n) is 11.0. The van der Waals surface area contributed by atoms with Gasteiger partial charge in [-0.25, -0.2) is 0 Å². The minimum atomic E-state index is -5.00. The van der Waals surface area contributed by atoms with Gasteiger partial charge < -0.3 is 31.3 Å². The molecule has 1 aromatic carbocycles. The summed E-state index contributed by atoms with van der Waals surface area (Å²) in [6.07, 6.45) is 0. The molecule has 9 nitrogen and oxygen atoms in total. The van der Waals surface area contributed by atoms with E-state index in [1.54, 1.807) is 14.1 Å². The van der Waals surface area contributed by atoms with Crippen molar-refractivity contribution in [2.24, 2.45) is 0 Å². The topological polar surface area (TPSA) is 190 Å². The molecule has 114 valence electrons. The van der Waals surface area contributed by atoms with Crippen LogP contribution in [-0.4, -0.2) is 39.0 Å². The molecule has 0 bridgehead atoms. The molecule has 0 radical (unpaired) electrons. The number of hydrogen-bond acceptors (Lipinski definition) is 6. The van der Waals surface area contributed by atoms with Gasteiger partial charge in [-0.1, -0.05) is 18.2 Å². The van der Waals surface area contributed by atoms with Crippen LogP contribution in [0.25, 0.3) is 0 Å². The van der Waals surface area contributed by atoms with E-state index in [9.17, 15) is 28.2 Å². The Balaban J connectivity index is 0. The van der Waals surface area contributed by atoms with Gasteiger partial charge in [-0.2, -0.15) is 8.42 Å². The first-order chi connectivity index (χ1) is 9.25. The molecule has 0 saturated heterocycles. The van der Waals surface area contributed by atoms with E-state index in [2.05, 4.69) is 11.5 Å². The van der Waals surface area contributed by atoms with Crippen molar-refractivity contribution in [2.75, 3.05) is 14.1 Å². The Bertz CT molecular complexity index is 537. The molecule has 0 amide bonds. The van der Waals surface area contributed by atoms with Gasteiger partial charge in [0.2, 0.25) is 0 Å². The van der Waals surface area contributed by atoms with E-state index in [0.717, 1.165) is 18.2 Å². The largest absolute Gasteiger partial charge is 0.545 e. The SMILES string of the molecule is C[NH3+].C[NH3+].O=C([O-])c1cccc(C(=O)[O-])c1S(=O)(=O)O. The Kier molecular flexibility index (Phi) is 9.12. The molecular formula is C10H16N2O7S. The Labute approximate surface area is 115 Å². The lowest BCUT2D eigenvalue weighted by atomic mass is 10.1. The molecule has 0 heterocycles. The lowest BCUT2D eigenvalue weighted by Gasteiger charge is -2.13. The number of benzene rings is 1. The summed E-state index contributed by atoms with van der Waals surface area (Å²) in [4.78, 5) is 19.8. The van der Waals surface area contributed by atoms with Crippen LogP contribution in [0.1, 0.15) is 20.7 Å². The maximum atomic E-state index is 10.9. The first kappa shape index (κ1) is 20.3. The number of carboxylic acid groups (broad SMARTS) is 2. The van der Waals surface area contributed by atoms with Crippen LogP contribution >= 0.6 is 0 Å². The standard InChI is InChI=1S/C8H6O7S.2CH5N/c9-7(10)4-2-1-3-5(8(11)12)6(4)16(13,14)15;2*1-2/h1-3H,(H,9,10)(H,11,12)(H,13,14,15);2*2H2,1H3. The number of hydrogen-bond donors (Lipinski definition) is 3. The third-order valence-corrected chi connectivity index (χ3v) is 2.67.